The number of nitrogens with one attached hydrogen (secondary N) is 4. The molecule has 3 aliphatic rings. The molecule has 50 heavy (non-hydrogen) atoms. The number of Topliss-reactive ketones (excluding diaryl/α,β-unsaturated/α-hetero) is 1. The number of carbonyl (C=O) groups is 6. The van der Waals surface area contributed by atoms with Crippen LogP contribution >= 0.6 is 11.3 Å². The zero-order valence-corrected chi connectivity index (χ0v) is 31.0. The minimum absolute atomic E-state index is 0.0659. The molecular formula is C38H55N5O6S. The minimum atomic E-state index is -1.07. The van der Waals surface area contributed by atoms with Gasteiger partial charge in [0.05, 0.1) is 4.88 Å². The molecule has 2 heterocycles. The maximum Gasteiger partial charge on any atom is 0.289 e. The van der Waals surface area contributed by atoms with Crippen molar-refractivity contribution in [2.45, 2.75) is 117 Å². The summed E-state index contributed by atoms with van der Waals surface area (Å²) < 4.78 is 0. The molecule has 12 heteroatoms. The van der Waals surface area contributed by atoms with E-state index in [1.165, 1.54) is 17.4 Å². The van der Waals surface area contributed by atoms with Gasteiger partial charge in [-0.05, 0) is 73.1 Å². The summed E-state index contributed by atoms with van der Waals surface area (Å²) in [6, 6.07) is -0.260. The first-order valence-corrected chi connectivity index (χ1v) is 19.0. The van der Waals surface area contributed by atoms with Crippen LogP contribution in [-0.4, -0.2) is 77.5 Å². The molecule has 5 atom stereocenters. The molecule has 1 aliphatic heterocycles. The highest BCUT2D eigenvalue weighted by Crippen LogP contribution is 2.34. The summed E-state index contributed by atoms with van der Waals surface area (Å²) in [6.45, 7) is 13.7. The van der Waals surface area contributed by atoms with Gasteiger partial charge in [-0.2, -0.15) is 0 Å². The van der Waals surface area contributed by atoms with Crippen molar-refractivity contribution in [3.63, 3.8) is 0 Å². The van der Waals surface area contributed by atoms with Crippen LogP contribution < -0.4 is 21.3 Å². The Kier molecular flexibility index (Phi) is 13.6. The number of hydrogen-bond donors (Lipinski definition) is 4. The fourth-order valence-corrected chi connectivity index (χ4v) is 7.85. The van der Waals surface area contributed by atoms with Crippen molar-refractivity contribution in [1.29, 1.82) is 0 Å². The van der Waals surface area contributed by atoms with E-state index >= 15 is 0 Å². The summed E-state index contributed by atoms with van der Waals surface area (Å²) in [7, 11) is 0. The van der Waals surface area contributed by atoms with Gasteiger partial charge < -0.3 is 26.2 Å². The predicted molar refractivity (Wildman–Crippen MR) is 194 cm³/mol. The van der Waals surface area contributed by atoms with E-state index in [1.807, 2.05) is 32.2 Å². The topological polar surface area (TPSA) is 154 Å². The van der Waals surface area contributed by atoms with Crippen LogP contribution in [0.3, 0.4) is 0 Å². The monoisotopic (exact) mass is 709 g/mol. The first-order chi connectivity index (χ1) is 23.7. The Morgan fingerprint density at radius 3 is 2.30 bits per heavy atom. The van der Waals surface area contributed by atoms with Gasteiger partial charge in [0.15, 0.2) is 0 Å². The van der Waals surface area contributed by atoms with Gasteiger partial charge in [0.2, 0.25) is 23.5 Å². The highest BCUT2D eigenvalue weighted by molar-refractivity contribution is 7.12. The molecule has 5 amide bonds. The first kappa shape index (κ1) is 39.0. The summed E-state index contributed by atoms with van der Waals surface area (Å²) in [5.41, 5.74) is 0.242. The Balaban J connectivity index is 1.58. The molecular weight excluding hydrogens is 655 g/mol. The third-order valence-corrected chi connectivity index (χ3v) is 10.8. The molecule has 4 N–H and O–H groups in total. The van der Waals surface area contributed by atoms with Crippen LogP contribution in [0.15, 0.2) is 41.8 Å². The van der Waals surface area contributed by atoms with Crippen molar-refractivity contribution >= 4 is 46.7 Å². The summed E-state index contributed by atoms with van der Waals surface area (Å²) in [6.07, 6.45) is 10.2. The van der Waals surface area contributed by atoms with Crippen molar-refractivity contribution in [3.8, 4) is 0 Å². The van der Waals surface area contributed by atoms with Crippen molar-refractivity contribution < 1.29 is 28.8 Å². The zero-order chi connectivity index (χ0) is 36.6. The number of ketones is 1. The summed E-state index contributed by atoms with van der Waals surface area (Å²) in [5, 5.41) is 13.2. The Bertz CT molecular complexity index is 1440. The molecule has 1 saturated heterocycles. The molecule has 0 spiro atoms. The van der Waals surface area contributed by atoms with Crippen molar-refractivity contribution in [1.82, 2.24) is 26.2 Å². The van der Waals surface area contributed by atoms with Crippen molar-refractivity contribution in [3.05, 3.63) is 46.7 Å². The van der Waals surface area contributed by atoms with E-state index in [9.17, 15) is 28.8 Å². The third-order valence-electron chi connectivity index (χ3n) is 9.91. The second-order valence-electron chi connectivity index (χ2n) is 15.5. The summed E-state index contributed by atoms with van der Waals surface area (Å²) >= 11 is 1.30. The van der Waals surface area contributed by atoms with Gasteiger partial charge >= 0.3 is 0 Å². The number of rotatable bonds is 16. The molecule has 1 unspecified atom stereocenters. The lowest BCUT2D eigenvalue weighted by molar-refractivity contribution is -0.146. The molecule has 0 aromatic carbocycles. The van der Waals surface area contributed by atoms with Crippen molar-refractivity contribution in [2.24, 2.45) is 23.2 Å². The van der Waals surface area contributed by atoms with Gasteiger partial charge in [-0.15, -0.1) is 17.9 Å². The normalized spacial score (nSPS) is 21.0. The van der Waals surface area contributed by atoms with E-state index in [-0.39, 0.29) is 42.5 Å². The van der Waals surface area contributed by atoms with Gasteiger partial charge in [0.1, 0.15) is 24.2 Å². The fourth-order valence-electron chi connectivity index (χ4n) is 7.22. The lowest BCUT2D eigenvalue weighted by atomic mass is 9.82. The van der Waals surface area contributed by atoms with Crippen molar-refractivity contribution in [2.75, 3.05) is 13.1 Å². The van der Waals surface area contributed by atoms with Crippen LogP contribution in [0.4, 0.5) is 0 Å². The SMILES string of the molecule is C=CCNC(=O)C(=O)C(CC1=CC1)NC(=O)[C@@H]1[C@@H](CC(C)C)CCN1C(=O)[C@@H](NC(=O)[C@@H](NC(=O)c1cccs1)C1CCCCC1)C(C)(C)C. The van der Waals surface area contributed by atoms with Gasteiger partial charge in [-0.1, -0.05) is 77.7 Å². The van der Waals surface area contributed by atoms with Gasteiger partial charge in [-0.3, -0.25) is 28.8 Å². The van der Waals surface area contributed by atoms with Gasteiger partial charge in [0.25, 0.3) is 11.8 Å². The maximum absolute atomic E-state index is 14.6. The highest BCUT2D eigenvalue weighted by Gasteiger charge is 2.48. The van der Waals surface area contributed by atoms with Crippen LogP contribution in [0.2, 0.25) is 0 Å². The Hall–Kier alpha value is -3.80. The zero-order valence-electron chi connectivity index (χ0n) is 30.2. The average molecular weight is 710 g/mol. The van der Waals surface area contributed by atoms with Crippen LogP contribution in [0.25, 0.3) is 0 Å². The predicted octanol–water partition coefficient (Wildman–Crippen LogP) is 4.30. The van der Waals surface area contributed by atoms with Crippen LogP contribution in [0.5, 0.6) is 0 Å². The quantitative estimate of drug-likeness (QED) is 0.148. The molecule has 1 saturated carbocycles. The number of nitrogens with zero attached hydrogens (tertiary/aromatic N) is 1. The molecule has 274 valence electrons. The molecule has 11 nitrogen and oxygen atoms in total. The van der Waals surface area contributed by atoms with Crippen LogP contribution in [0, 0.1) is 23.2 Å². The van der Waals surface area contributed by atoms with E-state index in [0.717, 1.165) is 44.1 Å². The van der Waals surface area contributed by atoms with E-state index < -0.39 is 53.1 Å². The average Bonchev–Trinajstić information content (AvgIpc) is 3.52. The summed E-state index contributed by atoms with van der Waals surface area (Å²) in [4.78, 5) is 84.0. The lowest BCUT2D eigenvalue weighted by Gasteiger charge is -2.38. The first-order valence-electron chi connectivity index (χ1n) is 18.1. The molecule has 4 rings (SSSR count). The smallest absolute Gasteiger partial charge is 0.289 e. The highest BCUT2D eigenvalue weighted by atomic mass is 32.1. The number of allylic oxidation sites excluding steroid dienone is 1. The summed E-state index contributed by atoms with van der Waals surface area (Å²) in [5.74, 6) is -3.16. The van der Waals surface area contributed by atoms with Crippen LogP contribution in [-0.2, 0) is 24.0 Å². The Labute approximate surface area is 300 Å². The number of thiophene rings is 1. The standard InChI is InChI=1S/C38H55N5O6S/c1-7-18-39-36(48)31(44)27(22-24-15-16-24)40-35(47)30-26(21-23(2)3)17-19-43(30)37(49)32(38(4,5)6)42-34(46)29(25-12-9-8-10-13-25)41-33(45)28-14-11-20-50-28/h7,11,14-15,20,23,25-27,29-30,32H,1,8-10,12-13,16-19,21-22H2,2-6H3,(H,39,48)(H,40,47)(H,41,45)(H,42,46)/t26-,27?,29+,30+,32-/m1/s1. The second kappa shape index (κ2) is 17.4. The molecule has 0 radical (unpaired) electrons. The number of likely N-dealkylation sites (tertiary alicyclic amines) is 1. The minimum Gasteiger partial charge on any atom is -0.346 e. The molecule has 0 bridgehead atoms. The molecule has 2 fully saturated rings. The van der Waals surface area contributed by atoms with E-state index in [1.54, 1.807) is 17.0 Å². The maximum atomic E-state index is 14.6. The lowest BCUT2D eigenvalue weighted by Crippen LogP contribution is -2.62. The van der Waals surface area contributed by atoms with Gasteiger partial charge in [0, 0.05) is 13.1 Å². The van der Waals surface area contributed by atoms with E-state index in [0.29, 0.717) is 24.3 Å². The largest absolute Gasteiger partial charge is 0.346 e. The van der Waals surface area contributed by atoms with E-state index in [2.05, 4.69) is 41.7 Å². The Morgan fingerprint density at radius 1 is 1.02 bits per heavy atom. The Morgan fingerprint density at radius 2 is 1.72 bits per heavy atom. The fraction of sp³-hybridized carbons (Fsp3) is 0.632. The molecule has 1 aromatic heterocycles. The third kappa shape index (κ3) is 10.4. The molecule has 1 aromatic rings. The van der Waals surface area contributed by atoms with Gasteiger partial charge in [-0.25, -0.2) is 0 Å². The second-order valence-corrected chi connectivity index (χ2v) is 16.4. The number of hydrogen-bond acceptors (Lipinski definition) is 7. The van der Waals surface area contributed by atoms with Crippen LogP contribution in [0.1, 0.15) is 102 Å². The van der Waals surface area contributed by atoms with E-state index in [4.69, 9.17) is 0 Å². The number of carbonyl (C=O) groups excluding carboxylic acids is 6. The number of amides is 5. The molecule has 2 aliphatic carbocycles.